The molecule has 0 aliphatic carbocycles. The lowest BCUT2D eigenvalue weighted by molar-refractivity contribution is 1.08. The van der Waals surface area contributed by atoms with Crippen LogP contribution in [0.3, 0.4) is 0 Å². The van der Waals surface area contributed by atoms with Crippen molar-refractivity contribution in [1.82, 2.24) is 57.3 Å². The van der Waals surface area contributed by atoms with Crippen LogP contribution in [-0.2, 0) is 0 Å². The van der Waals surface area contributed by atoms with Crippen LogP contribution in [0.5, 0.6) is 0 Å². The van der Waals surface area contributed by atoms with Gasteiger partial charge in [-0.25, -0.2) is 29.9 Å². The lowest BCUT2D eigenvalue weighted by atomic mass is 9.97. The molecule has 0 aliphatic heterocycles. The summed E-state index contributed by atoms with van der Waals surface area (Å²) in [5, 5.41) is 21.5. The zero-order chi connectivity index (χ0) is 98.5. The van der Waals surface area contributed by atoms with Crippen molar-refractivity contribution in [1.29, 1.82) is 0 Å². The molecule has 9 heterocycles. The van der Waals surface area contributed by atoms with Crippen molar-refractivity contribution in [3.05, 3.63) is 522 Å². The van der Waals surface area contributed by atoms with Crippen LogP contribution >= 0.6 is 0 Å². The highest BCUT2D eigenvalue weighted by molar-refractivity contribution is 6.32. The third-order valence-corrected chi connectivity index (χ3v) is 30.3. The lowest BCUT2D eigenvalue weighted by Crippen LogP contribution is -2.04. The van der Waals surface area contributed by atoms with Crippen molar-refractivity contribution in [2.45, 2.75) is 0 Å². The molecule has 0 atom stereocenters. The van der Waals surface area contributed by atoms with Gasteiger partial charge in [0.05, 0.1) is 99.3 Å². The van der Waals surface area contributed by atoms with E-state index in [2.05, 4.69) is 513 Å². The van der Waals surface area contributed by atoms with Crippen LogP contribution < -0.4 is 0 Å². The van der Waals surface area contributed by atoms with E-state index in [0.29, 0.717) is 0 Å². The highest BCUT2D eigenvalue weighted by Crippen LogP contribution is 2.50. The third kappa shape index (κ3) is 13.6. The van der Waals surface area contributed by atoms with Crippen LogP contribution in [0.25, 0.3) is 287 Å². The fourth-order valence-electron chi connectivity index (χ4n) is 23.8. The van der Waals surface area contributed by atoms with E-state index in [-0.39, 0.29) is 0 Å². The summed E-state index contributed by atoms with van der Waals surface area (Å²) in [5.74, 6) is 2.45. The Morgan fingerprint density at radius 1 is 0.127 bits per heavy atom. The van der Waals surface area contributed by atoms with Crippen LogP contribution in [0.15, 0.2) is 522 Å². The fraction of sp³-hybridized carbons (Fsp3) is 0. The molecule has 0 spiro atoms. The second-order valence-electron chi connectivity index (χ2n) is 38.6. The molecule has 698 valence electrons. The van der Waals surface area contributed by atoms with E-state index in [9.17, 15) is 0 Å². The lowest BCUT2D eigenvalue weighted by Gasteiger charge is -2.16. The molecule has 0 unspecified atom stereocenters. The monoisotopic (exact) mass is 1910 g/mol. The average Bonchev–Trinajstić information content (AvgIpc) is 1.55. The Kier molecular flexibility index (Phi) is 19.7. The SMILES string of the molecule is c1ccc(-c2ccc(-c3nc4ccccc4nc3-n3c4cccc5c6ccccc6n(-c6ccccc6)c6cccc3c6c54)cc2)cc1.c1ccc(-n2c3ccccc3c3cccc4c3c3c2cccc3n4-c2nc3c(ccc4ccccc43)nc2-c2cccc3ccccc23)cc1.c1ccc(-n2c3ccccc3c3cccc4c3c3c2cccc3n4-c2nc3ccccc3nc2-c2ccc(-c3cccc4ccccc34)cc2)cc1. The molecule has 0 bridgehead atoms. The Hall–Kier alpha value is -20.3. The van der Waals surface area contributed by atoms with Gasteiger partial charge in [0, 0.05) is 87.6 Å². The van der Waals surface area contributed by atoms with Gasteiger partial charge >= 0.3 is 0 Å². The molecule has 12 nitrogen and oxygen atoms in total. The summed E-state index contributed by atoms with van der Waals surface area (Å²) >= 11 is 0. The number of benzene rings is 23. The van der Waals surface area contributed by atoms with E-state index >= 15 is 0 Å². The molecule has 150 heavy (non-hydrogen) atoms. The second kappa shape index (κ2) is 34.7. The Morgan fingerprint density at radius 2 is 0.387 bits per heavy atom. The van der Waals surface area contributed by atoms with Crippen LogP contribution in [0.2, 0.25) is 0 Å². The second-order valence-corrected chi connectivity index (χ2v) is 38.6. The van der Waals surface area contributed by atoms with Gasteiger partial charge in [-0.2, -0.15) is 0 Å². The van der Waals surface area contributed by atoms with E-state index in [4.69, 9.17) is 29.9 Å². The zero-order valence-corrected chi connectivity index (χ0v) is 81.0. The summed E-state index contributed by atoms with van der Waals surface area (Å²) in [5.41, 5.74) is 32.5. The minimum absolute atomic E-state index is 0.811. The molecular formula is C138H86N12. The van der Waals surface area contributed by atoms with Crippen molar-refractivity contribution >= 4 is 196 Å². The van der Waals surface area contributed by atoms with Crippen molar-refractivity contribution in [3.63, 3.8) is 0 Å². The van der Waals surface area contributed by atoms with Crippen molar-refractivity contribution < 1.29 is 0 Å². The number of aromatic nitrogens is 12. The number of hydrogen-bond donors (Lipinski definition) is 0. The highest BCUT2D eigenvalue weighted by Gasteiger charge is 2.30. The number of para-hydroxylation sites is 10. The molecule has 32 rings (SSSR count). The molecule has 0 aliphatic rings. The Morgan fingerprint density at radius 3 is 0.800 bits per heavy atom. The molecule has 12 heteroatoms. The van der Waals surface area contributed by atoms with E-state index in [1.54, 1.807) is 0 Å². The van der Waals surface area contributed by atoms with E-state index in [0.717, 1.165) is 184 Å². The first-order valence-corrected chi connectivity index (χ1v) is 51.0. The van der Waals surface area contributed by atoms with Crippen molar-refractivity contribution in [2.75, 3.05) is 0 Å². The summed E-state index contributed by atoms with van der Waals surface area (Å²) in [6.45, 7) is 0. The fourth-order valence-corrected chi connectivity index (χ4v) is 23.8. The Labute approximate surface area is 859 Å². The number of rotatable bonds is 11. The first kappa shape index (κ1) is 85.3. The Balaban J connectivity index is 0.000000103. The van der Waals surface area contributed by atoms with E-state index in [1.165, 1.54) is 103 Å². The van der Waals surface area contributed by atoms with Crippen molar-refractivity contribution in [3.8, 4) is 90.5 Å². The van der Waals surface area contributed by atoms with Crippen LogP contribution in [0, 0.1) is 0 Å². The molecule has 23 aromatic carbocycles. The standard InChI is InChI=1S/C48H30N4.C46H28N4.C44H28N4/c1-2-15-34(16-3-1)51-41-23-9-6-18-37(41)38-20-11-24-42-45(38)46-43(51)25-12-26-44(46)52(42)48-47(49-39-21-7-8-22-40(39)50-48)33-29-27-32(28-30-33)36-19-10-14-31-13-4-5-17-35(31)36;1-2-16-31(17-3-1)49-38-23-9-8-20-34(38)35-21-11-24-39-42(35)43-40(49)25-12-26-41(43)50(39)46-45(36-22-10-15-29-13-4-6-18-32(29)36)47-37-28-27-30-14-5-7-19-33(30)44(37)48-46;1-3-13-29(14-4-1)30-25-27-31(28-26-30)43-44(46-36-20-9-8-19-35(36)45-43)48-38-22-11-18-34-33-17-7-10-21-37(33)47(32-15-5-2-6-16-32)39-23-12-24-40(48)42(39)41(34)38/h1-30H;1-28H;1-28H. The molecule has 32 aromatic rings. The largest absolute Gasteiger partial charge is 0.309 e. The molecule has 0 fully saturated rings. The predicted molar refractivity (Wildman–Crippen MR) is 624 cm³/mol. The predicted octanol–water partition coefficient (Wildman–Crippen LogP) is 35.3. The Bertz CT molecular complexity index is 11100. The van der Waals surface area contributed by atoms with Crippen LogP contribution in [0.4, 0.5) is 0 Å². The minimum atomic E-state index is 0.811. The van der Waals surface area contributed by atoms with Gasteiger partial charge in [-0.05, 0) is 205 Å². The quantitative estimate of drug-likeness (QED) is 0.119. The highest BCUT2D eigenvalue weighted by atomic mass is 15.1. The van der Waals surface area contributed by atoms with Gasteiger partial charge in [0.25, 0.3) is 0 Å². The van der Waals surface area contributed by atoms with E-state index in [1.807, 2.05) is 36.4 Å². The van der Waals surface area contributed by atoms with Crippen LogP contribution in [-0.4, -0.2) is 57.3 Å². The first-order valence-electron chi connectivity index (χ1n) is 51.0. The van der Waals surface area contributed by atoms with Crippen LogP contribution in [0.1, 0.15) is 0 Å². The summed E-state index contributed by atoms with van der Waals surface area (Å²) in [6, 6.07) is 185. The molecule has 0 saturated heterocycles. The van der Waals surface area contributed by atoms with Gasteiger partial charge in [0.2, 0.25) is 0 Å². The molecule has 0 amide bonds. The number of hydrogen-bond acceptors (Lipinski definition) is 6. The average molecular weight is 1910 g/mol. The maximum absolute atomic E-state index is 5.64. The summed E-state index contributed by atoms with van der Waals surface area (Å²) in [4.78, 5) is 32.6. The van der Waals surface area contributed by atoms with Gasteiger partial charge in [-0.3, -0.25) is 13.7 Å². The minimum Gasteiger partial charge on any atom is -0.309 e. The number of nitrogens with zero attached hydrogens (tertiary/aromatic N) is 12. The maximum atomic E-state index is 5.64. The summed E-state index contributed by atoms with van der Waals surface area (Å²) < 4.78 is 14.2. The normalized spacial score (nSPS) is 11.9. The first-order chi connectivity index (χ1) is 74.5. The molecule has 0 radical (unpaired) electrons. The summed E-state index contributed by atoms with van der Waals surface area (Å²) in [7, 11) is 0. The van der Waals surface area contributed by atoms with Gasteiger partial charge in [0.15, 0.2) is 17.5 Å². The maximum Gasteiger partial charge on any atom is 0.165 e. The smallest absolute Gasteiger partial charge is 0.165 e. The third-order valence-electron chi connectivity index (χ3n) is 30.3. The molecule has 0 N–H and O–H groups in total. The van der Waals surface area contributed by atoms with Gasteiger partial charge in [-0.1, -0.05) is 382 Å². The number of fused-ring (bicyclic) bond motifs is 13. The topological polar surface area (TPSA) is 107 Å². The zero-order valence-electron chi connectivity index (χ0n) is 81.0. The van der Waals surface area contributed by atoms with Gasteiger partial charge in [0.1, 0.15) is 17.1 Å². The van der Waals surface area contributed by atoms with Gasteiger partial charge in [-0.15, -0.1) is 0 Å². The van der Waals surface area contributed by atoms with Gasteiger partial charge < -0.3 is 13.7 Å². The van der Waals surface area contributed by atoms with Crippen molar-refractivity contribution in [2.24, 2.45) is 0 Å². The molecule has 0 saturated carbocycles. The molecule has 9 aromatic heterocycles. The molecular weight excluding hydrogens is 1830 g/mol. The summed E-state index contributed by atoms with van der Waals surface area (Å²) in [6.07, 6.45) is 0. The van der Waals surface area contributed by atoms with E-state index < -0.39 is 0 Å².